The molecule has 1 aromatic rings. The lowest BCUT2D eigenvalue weighted by molar-refractivity contribution is -0.155. The van der Waals surface area contributed by atoms with E-state index in [1.165, 1.54) is 19.1 Å². The standard InChI is InChI=1S/C13H16BrFO3/c1-7(2)11(12(16)17)13(3,18)9-5-4-8(14)6-10(9)15/h4-7,11,18H,1-3H3,(H,16,17). The third kappa shape index (κ3) is 2.90. The number of aliphatic hydroxyl groups is 1. The zero-order chi connectivity index (χ0) is 14.1. The molecule has 100 valence electrons. The fourth-order valence-corrected chi connectivity index (χ4v) is 2.58. The Labute approximate surface area is 114 Å². The summed E-state index contributed by atoms with van der Waals surface area (Å²) in [7, 11) is 0. The highest BCUT2D eigenvalue weighted by atomic mass is 79.9. The molecule has 2 unspecified atom stereocenters. The molecular formula is C13H16BrFO3. The van der Waals surface area contributed by atoms with Crippen molar-refractivity contribution in [3.8, 4) is 0 Å². The van der Waals surface area contributed by atoms with Crippen molar-refractivity contribution >= 4 is 21.9 Å². The Morgan fingerprint density at radius 1 is 1.44 bits per heavy atom. The number of aliphatic carboxylic acids is 1. The summed E-state index contributed by atoms with van der Waals surface area (Å²) in [4.78, 5) is 11.2. The van der Waals surface area contributed by atoms with Crippen LogP contribution in [0.4, 0.5) is 4.39 Å². The number of carboxylic acid groups (broad SMARTS) is 1. The molecule has 2 N–H and O–H groups in total. The number of carboxylic acids is 1. The highest BCUT2D eigenvalue weighted by molar-refractivity contribution is 9.10. The first-order valence-electron chi connectivity index (χ1n) is 5.58. The molecule has 0 amide bonds. The number of hydrogen-bond acceptors (Lipinski definition) is 2. The van der Waals surface area contributed by atoms with E-state index >= 15 is 0 Å². The van der Waals surface area contributed by atoms with Crippen LogP contribution in [0.15, 0.2) is 22.7 Å². The van der Waals surface area contributed by atoms with Gasteiger partial charge in [0.25, 0.3) is 0 Å². The summed E-state index contributed by atoms with van der Waals surface area (Å²) in [6, 6.07) is 4.19. The van der Waals surface area contributed by atoms with Crippen LogP contribution >= 0.6 is 15.9 Å². The Morgan fingerprint density at radius 2 is 2.00 bits per heavy atom. The minimum Gasteiger partial charge on any atom is -0.481 e. The maximum Gasteiger partial charge on any atom is 0.310 e. The SMILES string of the molecule is CC(C)C(C(=O)O)C(C)(O)c1ccc(Br)cc1F. The van der Waals surface area contributed by atoms with Crippen molar-refractivity contribution in [1.29, 1.82) is 0 Å². The van der Waals surface area contributed by atoms with Gasteiger partial charge in [0.15, 0.2) is 0 Å². The average molecular weight is 319 g/mol. The molecule has 0 heterocycles. The van der Waals surface area contributed by atoms with Crippen molar-refractivity contribution in [3.63, 3.8) is 0 Å². The molecule has 0 aliphatic heterocycles. The minimum absolute atomic E-state index is 0.00759. The lowest BCUT2D eigenvalue weighted by Crippen LogP contribution is -2.41. The van der Waals surface area contributed by atoms with Gasteiger partial charge in [-0.05, 0) is 25.0 Å². The zero-order valence-electron chi connectivity index (χ0n) is 10.4. The largest absolute Gasteiger partial charge is 0.481 e. The van der Waals surface area contributed by atoms with Gasteiger partial charge in [0.1, 0.15) is 11.4 Å². The van der Waals surface area contributed by atoms with E-state index in [9.17, 15) is 19.4 Å². The first kappa shape index (κ1) is 15.1. The molecule has 0 saturated heterocycles. The summed E-state index contributed by atoms with van der Waals surface area (Å²) in [5, 5.41) is 19.6. The van der Waals surface area contributed by atoms with Crippen LogP contribution in [-0.4, -0.2) is 16.2 Å². The first-order chi connectivity index (χ1) is 8.17. The highest BCUT2D eigenvalue weighted by Gasteiger charge is 2.42. The molecule has 0 aliphatic carbocycles. The van der Waals surface area contributed by atoms with Crippen molar-refractivity contribution in [2.45, 2.75) is 26.4 Å². The van der Waals surface area contributed by atoms with Crippen molar-refractivity contribution in [2.75, 3.05) is 0 Å². The molecule has 3 nitrogen and oxygen atoms in total. The Bertz CT molecular complexity index is 458. The first-order valence-corrected chi connectivity index (χ1v) is 6.38. The molecule has 0 bridgehead atoms. The normalized spacial score (nSPS) is 16.4. The second-order valence-electron chi connectivity index (χ2n) is 4.83. The molecule has 0 saturated carbocycles. The van der Waals surface area contributed by atoms with Crippen LogP contribution in [0.5, 0.6) is 0 Å². The molecule has 0 aromatic heterocycles. The van der Waals surface area contributed by atoms with E-state index in [4.69, 9.17) is 0 Å². The van der Waals surface area contributed by atoms with E-state index in [-0.39, 0.29) is 11.5 Å². The molecule has 5 heteroatoms. The Balaban J connectivity index is 3.30. The van der Waals surface area contributed by atoms with Crippen LogP contribution in [0.1, 0.15) is 26.3 Å². The van der Waals surface area contributed by atoms with Crippen molar-refractivity contribution in [3.05, 3.63) is 34.1 Å². The fraction of sp³-hybridized carbons (Fsp3) is 0.462. The fourth-order valence-electron chi connectivity index (χ4n) is 2.24. The topological polar surface area (TPSA) is 57.5 Å². The molecule has 0 aliphatic rings. The Hall–Kier alpha value is -0.940. The van der Waals surface area contributed by atoms with E-state index in [0.29, 0.717) is 4.47 Å². The van der Waals surface area contributed by atoms with Gasteiger partial charge in [0.2, 0.25) is 0 Å². The van der Waals surface area contributed by atoms with Crippen LogP contribution in [-0.2, 0) is 10.4 Å². The molecule has 1 rings (SSSR count). The van der Waals surface area contributed by atoms with Crippen LogP contribution in [0.2, 0.25) is 0 Å². The van der Waals surface area contributed by atoms with Crippen LogP contribution in [0.3, 0.4) is 0 Å². The lowest BCUT2D eigenvalue weighted by Gasteiger charge is -2.33. The van der Waals surface area contributed by atoms with Crippen LogP contribution in [0, 0.1) is 17.7 Å². The highest BCUT2D eigenvalue weighted by Crippen LogP contribution is 2.36. The van der Waals surface area contributed by atoms with Gasteiger partial charge >= 0.3 is 5.97 Å². The van der Waals surface area contributed by atoms with Gasteiger partial charge in [-0.1, -0.05) is 35.8 Å². The molecule has 18 heavy (non-hydrogen) atoms. The van der Waals surface area contributed by atoms with E-state index in [1.807, 2.05) is 0 Å². The molecular weight excluding hydrogens is 303 g/mol. The maximum atomic E-state index is 13.9. The number of benzene rings is 1. The Morgan fingerprint density at radius 3 is 2.39 bits per heavy atom. The minimum atomic E-state index is -1.76. The van der Waals surface area contributed by atoms with Gasteiger partial charge in [-0.15, -0.1) is 0 Å². The summed E-state index contributed by atoms with van der Waals surface area (Å²) in [6.07, 6.45) is 0. The number of halogens is 2. The monoisotopic (exact) mass is 318 g/mol. The van der Waals surface area contributed by atoms with E-state index in [2.05, 4.69) is 15.9 Å². The second kappa shape index (κ2) is 5.36. The van der Waals surface area contributed by atoms with Gasteiger partial charge in [0.05, 0.1) is 5.92 Å². The average Bonchev–Trinajstić information content (AvgIpc) is 2.13. The molecule has 0 fully saturated rings. The van der Waals surface area contributed by atoms with Gasteiger partial charge in [-0.3, -0.25) is 4.79 Å². The van der Waals surface area contributed by atoms with Crippen molar-refractivity contribution in [2.24, 2.45) is 11.8 Å². The predicted octanol–water partition coefficient (Wildman–Crippen LogP) is 3.15. The molecule has 0 radical (unpaired) electrons. The molecule has 2 atom stereocenters. The lowest BCUT2D eigenvalue weighted by atomic mass is 9.76. The quantitative estimate of drug-likeness (QED) is 0.896. The molecule has 1 aromatic carbocycles. The summed E-state index contributed by atoms with van der Waals surface area (Å²) in [5.41, 5.74) is -1.77. The van der Waals surface area contributed by atoms with Gasteiger partial charge in [-0.2, -0.15) is 0 Å². The predicted molar refractivity (Wildman–Crippen MR) is 69.6 cm³/mol. The van der Waals surface area contributed by atoms with Gasteiger partial charge in [-0.25, -0.2) is 4.39 Å². The van der Waals surface area contributed by atoms with E-state index in [0.717, 1.165) is 0 Å². The molecule has 0 spiro atoms. The van der Waals surface area contributed by atoms with Crippen molar-refractivity contribution in [1.82, 2.24) is 0 Å². The Kier molecular flexibility index (Phi) is 4.50. The summed E-state index contributed by atoms with van der Waals surface area (Å²) in [5.74, 6) is -3.16. The van der Waals surface area contributed by atoms with Crippen LogP contribution in [0.25, 0.3) is 0 Å². The third-order valence-electron chi connectivity index (χ3n) is 3.01. The number of carbonyl (C=O) groups is 1. The third-order valence-corrected chi connectivity index (χ3v) is 3.51. The van der Waals surface area contributed by atoms with Crippen molar-refractivity contribution < 1.29 is 19.4 Å². The second-order valence-corrected chi connectivity index (χ2v) is 5.75. The summed E-state index contributed by atoms with van der Waals surface area (Å²) >= 11 is 3.12. The van der Waals surface area contributed by atoms with Gasteiger partial charge < -0.3 is 10.2 Å². The zero-order valence-corrected chi connectivity index (χ0v) is 12.0. The van der Waals surface area contributed by atoms with E-state index < -0.39 is 23.3 Å². The summed E-state index contributed by atoms with van der Waals surface area (Å²) < 4.78 is 14.4. The number of hydrogen-bond donors (Lipinski definition) is 2. The van der Waals surface area contributed by atoms with Gasteiger partial charge in [0, 0.05) is 10.0 Å². The smallest absolute Gasteiger partial charge is 0.310 e. The van der Waals surface area contributed by atoms with E-state index in [1.54, 1.807) is 19.9 Å². The number of rotatable bonds is 4. The van der Waals surface area contributed by atoms with Crippen LogP contribution < -0.4 is 0 Å². The maximum absolute atomic E-state index is 13.9. The summed E-state index contributed by atoms with van der Waals surface area (Å²) in [6.45, 7) is 4.70.